The Kier molecular flexibility index (Phi) is 4.74. The first-order valence-corrected chi connectivity index (χ1v) is 8.23. The number of rotatable bonds is 3. The average Bonchev–Trinajstić information content (AvgIpc) is 2.61. The molecule has 1 aromatic heterocycles. The number of nitrogens with one attached hydrogen (secondary N) is 1. The second-order valence-corrected chi connectivity index (χ2v) is 6.10. The highest BCUT2D eigenvalue weighted by atomic mass is 19.1. The van der Waals surface area contributed by atoms with E-state index in [2.05, 4.69) is 15.3 Å². The summed E-state index contributed by atoms with van der Waals surface area (Å²) >= 11 is 0. The highest BCUT2D eigenvalue weighted by molar-refractivity contribution is 5.74. The van der Waals surface area contributed by atoms with E-state index >= 15 is 0 Å². The Balaban J connectivity index is 1.74. The number of carbonyl (C=O) groups is 1. The first-order chi connectivity index (χ1) is 11.6. The Morgan fingerprint density at radius 2 is 2.12 bits per heavy atom. The van der Waals surface area contributed by atoms with Gasteiger partial charge in [-0.05, 0) is 37.6 Å². The molecule has 0 unspecified atom stereocenters. The SMILES string of the molecule is CC[C@@H](C)NC(=O)N1CCc2nc(-c3ccc(F)cc3)ncc2C1. The van der Waals surface area contributed by atoms with Crippen LogP contribution in [0.3, 0.4) is 0 Å². The van der Waals surface area contributed by atoms with Crippen LogP contribution < -0.4 is 5.32 Å². The van der Waals surface area contributed by atoms with E-state index in [1.807, 2.05) is 13.8 Å². The van der Waals surface area contributed by atoms with Gasteiger partial charge in [-0.15, -0.1) is 0 Å². The van der Waals surface area contributed by atoms with Crippen LogP contribution in [-0.2, 0) is 13.0 Å². The first kappa shape index (κ1) is 16.4. The van der Waals surface area contributed by atoms with E-state index in [1.165, 1.54) is 12.1 Å². The number of aromatic nitrogens is 2. The van der Waals surface area contributed by atoms with E-state index in [9.17, 15) is 9.18 Å². The number of carbonyl (C=O) groups excluding carboxylic acids is 1. The molecule has 1 N–H and O–H groups in total. The molecule has 5 nitrogen and oxygen atoms in total. The van der Waals surface area contributed by atoms with Gasteiger partial charge < -0.3 is 10.2 Å². The lowest BCUT2D eigenvalue weighted by Gasteiger charge is -2.29. The van der Waals surface area contributed by atoms with Crippen molar-refractivity contribution in [3.05, 3.63) is 47.5 Å². The van der Waals surface area contributed by atoms with Crippen molar-refractivity contribution < 1.29 is 9.18 Å². The summed E-state index contributed by atoms with van der Waals surface area (Å²) in [6.07, 6.45) is 3.37. The molecule has 0 radical (unpaired) electrons. The molecule has 0 fully saturated rings. The van der Waals surface area contributed by atoms with Crippen molar-refractivity contribution in [3.8, 4) is 11.4 Å². The van der Waals surface area contributed by atoms with E-state index in [-0.39, 0.29) is 17.9 Å². The molecule has 2 amide bonds. The zero-order valence-corrected chi connectivity index (χ0v) is 13.9. The second-order valence-electron chi connectivity index (χ2n) is 6.10. The summed E-state index contributed by atoms with van der Waals surface area (Å²) < 4.78 is 13.0. The molecule has 0 saturated heterocycles. The van der Waals surface area contributed by atoms with Gasteiger partial charge in [-0.2, -0.15) is 0 Å². The normalized spacial score (nSPS) is 14.9. The van der Waals surface area contributed by atoms with Gasteiger partial charge in [-0.25, -0.2) is 19.2 Å². The minimum atomic E-state index is -0.278. The fraction of sp³-hybridized carbons (Fsp3) is 0.389. The van der Waals surface area contributed by atoms with Gasteiger partial charge in [0.2, 0.25) is 0 Å². The lowest BCUT2D eigenvalue weighted by molar-refractivity contribution is 0.188. The molecule has 1 aliphatic heterocycles. The number of amides is 2. The molecule has 0 aliphatic carbocycles. The Morgan fingerprint density at radius 1 is 1.38 bits per heavy atom. The van der Waals surface area contributed by atoms with Crippen molar-refractivity contribution >= 4 is 6.03 Å². The first-order valence-electron chi connectivity index (χ1n) is 8.23. The van der Waals surface area contributed by atoms with Crippen LogP contribution in [0.15, 0.2) is 30.5 Å². The summed E-state index contributed by atoms with van der Waals surface area (Å²) in [5.41, 5.74) is 2.71. The summed E-state index contributed by atoms with van der Waals surface area (Å²) in [5, 5.41) is 2.98. The second kappa shape index (κ2) is 6.95. The van der Waals surface area contributed by atoms with Gasteiger partial charge in [0.1, 0.15) is 5.82 Å². The molecule has 0 bridgehead atoms. The van der Waals surface area contributed by atoms with Crippen molar-refractivity contribution in [1.82, 2.24) is 20.2 Å². The fourth-order valence-electron chi connectivity index (χ4n) is 2.63. The monoisotopic (exact) mass is 328 g/mol. The third-order valence-corrected chi connectivity index (χ3v) is 4.31. The van der Waals surface area contributed by atoms with Crippen molar-refractivity contribution in [2.75, 3.05) is 6.54 Å². The molecule has 0 spiro atoms. The van der Waals surface area contributed by atoms with Gasteiger partial charge in [-0.1, -0.05) is 6.92 Å². The summed E-state index contributed by atoms with van der Waals surface area (Å²) in [7, 11) is 0. The minimum Gasteiger partial charge on any atom is -0.336 e. The van der Waals surface area contributed by atoms with Crippen LogP contribution in [0.25, 0.3) is 11.4 Å². The van der Waals surface area contributed by atoms with Crippen molar-refractivity contribution in [2.45, 2.75) is 39.3 Å². The van der Waals surface area contributed by atoms with Crippen molar-refractivity contribution in [2.24, 2.45) is 0 Å². The molecule has 24 heavy (non-hydrogen) atoms. The van der Waals surface area contributed by atoms with Crippen LogP contribution in [0.1, 0.15) is 31.5 Å². The lowest BCUT2D eigenvalue weighted by Crippen LogP contribution is -2.45. The molecule has 2 aromatic rings. The topological polar surface area (TPSA) is 58.1 Å². The van der Waals surface area contributed by atoms with Crippen LogP contribution >= 0.6 is 0 Å². The largest absolute Gasteiger partial charge is 0.336 e. The van der Waals surface area contributed by atoms with Crippen LogP contribution in [-0.4, -0.2) is 33.5 Å². The van der Waals surface area contributed by atoms with Crippen LogP contribution in [0.2, 0.25) is 0 Å². The molecular formula is C18H21FN4O. The Bertz CT molecular complexity index is 732. The molecule has 126 valence electrons. The molecule has 1 atom stereocenters. The number of benzene rings is 1. The number of fused-ring (bicyclic) bond motifs is 1. The van der Waals surface area contributed by atoms with Gasteiger partial charge in [0.25, 0.3) is 0 Å². The van der Waals surface area contributed by atoms with Gasteiger partial charge in [-0.3, -0.25) is 0 Å². The third kappa shape index (κ3) is 3.53. The summed E-state index contributed by atoms with van der Waals surface area (Å²) in [4.78, 5) is 23.0. The summed E-state index contributed by atoms with van der Waals surface area (Å²) in [6, 6.07) is 6.27. The fourth-order valence-corrected chi connectivity index (χ4v) is 2.63. The minimum absolute atomic E-state index is 0.0439. The number of halogens is 1. The molecule has 2 heterocycles. The van der Waals surface area contributed by atoms with Gasteiger partial charge in [0.05, 0.1) is 12.2 Å². The number of hydrogen-bond donors (Lipinski definition) is 1. The summed E-state index contributed by atoms with van der Waals surface area (Å²) in [5.74, 6) is 0.311. The maximum atomic E-state index is 13.0. The van der Waals surface area contributed by atoms with E-state index in [0.717, 1.165) is 23.2 Å². The van der Waals surface area contributed by atoms with Crippen LogP contribution in [0.5, 0.6) is 0 Å². The van der Waals surface area contributed by atoms with E-state index in [0.29, 0.717) is 25.3 Å². The smallest absolute Gasteiger partial charge is 0.317 e. The predicted molar refractivity (Wildman–Crippen MR) is 89.8 cm³/mol. The Hall–Kier alpha value is -2.50. The average molecular weight is 328 g/mol. The third-order valence-electron chi connectivity index (χ3n) is 4.31. The zero-order valence-electron chi connectivity index (χ0n) is 13.9. The van der Waals surface area contributed by atoms with Crippen molar-refractivity contribution in [3.63, 3.8) is 0 Å². The zero-order chi connectivity index (χ0) is 17.1. The van der Waals surface area contributed by atoms with E-state index in [1.54, 1.807) is 23.2 Å². The van der Waals surface area contributed by atoms with Gasteiger partial charge >= 0.3 is 6.03 Å². The summed E-state index contributed by atoms with van der Waals surface area (Å²) in [6.45, 7) is 5.19. The van der Waals surface area contributed by atoms with Crippen LogP contribution in [0, 0.1) is 5.82 Å². The Labute approximate surface area is 140 Å². The quantitative estimate of drug-likeness (QED) is 0.941. The van der Waals surface area contributed by atoms with Gasteiger partial charge in [0, 0.05) is 36.3 Å². The Morgan fingerprint density at radius 3 is 2.83 bits per heavy atom. The predicted octanol–water partition coefficient (Wildman–Crippen LogP) is 3.15. The number of hydrogen-bond acceptors (Lipinski definition) is 3. The molecular weight excluding hydrogens is 307 g/mol. The van der Waals surface area contributed by atoms with Gasteiger partial charge in [0.15, 0.2) is 5.82 Å². The molecule has 1 aromatic carbocycles. The molecule has 6 heteroatoms. The highest BCUT2D eigenvalue weighted by Crippen LogP contribution is 2.21. The van der Waals surface area contributed by atoms with Crippen molar-refractivity contribution in [1.29, 1.82) is 0 Å². The molecule has 0 saturated carbocycles. The highest BCUT2D eigenvalue weighted by Gasteiger charge is 2.23. The van der Waals surface area contributed by atoms with E-state index < -0.39 is 0 Å². The molecule has 1 aliphatic rings. The maximum absolute atomic E-state index is 13.0. The lowest BCUT2D eigenvalue weighted by atomic mass is 10.1. The maximum Gasteiger partial charge on any atom is 0.317 e. The number of nitrogens with zero attached hydrogens (tertiary/aromatic N) is 3. The van der Waals surface area contributed by atoms with Crippen LogP contribution in [0.4, 0.5) is 9.18 Å². The van der Waals surface area contributed by atoms with E-state index in [4.69, 9.17) is 0 Å². The standard InChI is InChI=1S/C18H21FN4O/c1-3-12(2)21-18(24)23-9-8-16-14(11-23)10-20-17(22-16)13-4-6-15(19)7-5-13/h4-7,10,12H,3,8-9,11H2,1-2H3,(H,21,24)/t12-/m1/s1. The molecule has 3 rings (SSSR count). The number of urea groups is 1.